The van der Waals surface area contributed by atoms with Gasteiger partial charge in [0.1, 0.15) is 0 Å². The maximum absolute atomic E-state index is 11.8. The molecule has 1 N–H and O–H groups in total. The van der Waals surface area contributed by atoms with Crippen molar-refractivity contribution in [2.75, 3.05) is 20.8 Å². The van der Waals surface area contributed by atoms with Crippen molar-refractivity contribution >= 4 is 18.0 Å². The van der Waals surface area contributed by atoms with Crippen LogP contribution in [0.25, 0.3) is 6.08 Å². The first-order chi connectivity index (χ1) is 10.0. The van der Waals surface area contributed by atoms with Crippen molar-refractivity contribution in [3.8, 4) is 11.5 Å². The van der Waals surface area contributed by atoms with Gasteiger partial charge < -0.3 is 19.3 Å². The number of carbonyl (C=O) groups excluding carboxylic acids is 1. The molecule has 1 rings (SSSR count). The van der Waals surface area contributed by atoms with Crippen LogP contribution in [0, 0.1) is 0 Å². The van der Waals surface area contributed by atoms with Gasteiger partial charge in [0, 0.05) is 11.1 Å². The van der Waals surface area contributed by atoms with E-state index in [1.807, 2.05) is 0 Å². The molecule has 21 heavy (non-hydrogen) atoms. The lowest BCUT2D eigenvalue weighted by atomic mass is 10.1. The van der Waals surface area contributed by atoms with Crippen molar-refractivity contribution in [3.63, 3.8) is 0 Å². The summed E-state index contributed by atoms with van der Waals surface area (Å²) in [6.07, 6.45) is 1.01. The van der Waals surface area contributed by atoms with Gasteiger partial charge in [0.25, 0.3) is 0 Å². The molecule has 0 unspecified atom stereocenters. The molecule has 0 fully saturated rings. The third-order valence-electron chi connectivity index (χ3n) is 2.64. The summed E-state index contributed by atoms with van der Waals surface area (Å²) in [4.78, 5) is 22.7. The minimum atomic E-state index is -1.11. The van der Waals surface area contributed by atoms with Crippen LogP contribution in [0.2, 0.25) is 0 Å². The van der Waals surface area contributed by atoms with Gasteiger partial charge >= 0.3 is 11.9 Å². The Hall–Kier alpha value is -2.50. The van der Waals surface area contributed by atoms with Crippen LogP contribution in [0.4, 0.5) is 0 Å². The zero-order chi connectivity index (χ0) is 15.8. The van der Waals surface area contributed by atoms with E-state index < -0.39 is 18.4 Å². The van der Waals surface area contributed by atoms with Gasteiger partial charge in [-0.25, -0.2) is 4.79 Å². The number of benzene rings is 1. The van der Waals surface area contributed by atoms with Gasteiger partial charge in [-0.05, 0) is 19.1 Å². The number of carbonyl (C=O) groups is 2. The molecule has 0 aliphatic rings. The first kappa shape index (κ1) is 16.6. The third kappa shape index (κ3) is 4.52. The highest BCUT2D eigenvalue weighted by Gasteiger charge is 2.16. The number of aliphatic carboxylic acids is 1. The van der Waals surface area contributed by atoms with Gasteiger partial charge in [0.05, 0.1) is 27.2 Å². The van der Waals surface area contributed by atoms with Crippen molar-refractivity contribution in [3.05, 3.63) is 29.3 Å². The predicted octanol–water partition coefficient (Wildman–Crippen LogP) is 2.12. The van der Waals surface area contributed by atoms with E-state index >= 15 is 0 Å². The van der Waals surface area contributed by atoms with Crippen LogP contribution in [-0.4, -0.2) is 37.9 Å². The molecule has 1 aromatic rings. The standard InChI is InChI=1S/C15H18O6/c1-4-21-15(18)11(9-13(16)17)8-10-6-5-7-12(19-2)14(10)20-3/h5-8H,4,9H2,1-3H3,(H,16,17)/b11-8+. The highest BCUT2D eigenvalue weighted by molar-refractivity contribution is 5.98. The lowest BCUT2D eigenvalue weighted by molar-refractivity contribution is -0.142. The minimum Gasteiger partial charge on any atom is -0.493 e. The van der Waals surface area contributed by atoms with Gasteiger partial charge in [-0.2, -0.15) is 0 Å². The van der Waals surface area contributed by atoms with Crippen LogP contribution in [-0.2, 0) is 14.3 Å². The van der Waals surface area contributed by atoms with E-state index in [0.29, 0.717) is 17.1 Å². The van der Waals surface area contributed by atoms with Crippen LogP contribution in [0.15, 0.2) is 23.8 Å². The fraction of sp³-hybridized carbons (Fsp3) is 0.333. The van der Waals surface area contributed by atoms with E-state index in [4.69, 9.17) is 19.3 Å². The van der Waals surface area contributed by atoms with Crippen LogP contribution in [0.1, 0.15) is 18.9 Å². The fourth-order valence-corrected chi connectivity index (χ4v) is 1.78. The molecule has 0 spiro atoms. The summed E-state index contributed by atoms with van der Waals surface area (Å²) in [7, 11) is 2.96. The Bertz CT molecular complexity index is 547. The number of hydrogen-bond donors (Lipinski definition) is 1. The predicted molar refractivity (Wildman–Crippen MR) is 76.4 cm³/mol. The van der Waals surface area contributed by atoms with E-state index in [1.54, 1.807) is 25.1 Å². The third-order valence-corrected chi connectivity index (χ3v) is 2.64. The van der Waals surface area contributed by atoms with Gasteiger partial charge in [0.15, 0.2) is 11.5 Å². The average molecular weight is 294 g/mol. The van der Waals surface area contributed by atoms with Gasteiger partial charge in [-0.1, -0.05) is 12.1 Å². The molecule has 0 bridgehead atoms. The number of methoxy groups -OCH3 is 2. The normalized spacial score (nSPS) is 10.9. The summed E-state index contributed by atoms with van der Waals surface area (Å²) in [6.45, 7) is 1.83. The van der Waals surface area contributed by atoms with Gasteiger partial charge in [-0.3, -0.25) is 4.79 Å². The maximum atomic E-state index is 11.8. The summed E-state index contributed by atoms with van der Waals surface area (Å²) in [6, 6.07) is 5.12. The monoisotopic (exact) mass is 294 g/mol. The number of carboxylic acids is 1. The lowest BCUT2D eigenvalue weighted by Crippen LogP contribution is -2.11. The first-order valence-corrected chi connectivity index (χ1v) is 6.33. The first-order valence-electron chi connectivity index (χ1n) is 6.33. The number of ether oxygens (including phenoxy) is 3. The Morgan fingerprint density at radius 1 is 1.24 bits per heavy atom. The van der Waals surface area contributed by atoms with Crippen LogP contribution >= 0.6 is 0 Å². The number of esters is 1. The summed E-state index contributed by atoms with van der Waals surface area (Å²) in [5, 5.41) is 8.90. The van der Waals surface area contributed by atoms with Gasteiger partial charge in [-0.15, -0.1) is 0 Å². The fourth-order valence-electron chi connectivity index (χ4n) is 1.78. The van der Waals surface area contributed by atoms with E-state index in [9.17, 15) is 9.59 Å². The highest BCUT2D eigenvalue weighted by atomic mass is 16.5. The van der Waals surface area contributed by atoms with Crippen LogP contribution in [0.5, 0.6) is 11.5 Å². The van der Waals surface area contributed by atoms with Gasteiger partial charge in [0.2, 0.25) is 0 Å². The molecule has 0 atom stereocenters. The second-order valence-corrected chi connectivity index (χ2v) is 4.04. The van der Waals surface area contributed by atoms with Crippen molar-refractivity contribution in [2.45, 2.75) is 13.3 Å². The molecule has 0 heterocycles. The Labute approximate surface area is 122 Å². The molecule has 0 aromatic heterocycles. The van der Waals surface area contributed by atoms with Crippen molar-refractivity contribution in [1.82, 2.24) is 0 Å². The second kappa shape index (κ2) is 7.94. The smallest absolute Gasteiger partial charge is 0.334 e. The van der Waals surface area contributed by atoms with E-state index in [2.05, 4.69) is 0 Å². The summed E-state index contributed by atoms with van der Waals surface area (Å²) in [5.41, 5.74) is 0.581. The molecule has 0 aliphatic carbocycles. The Kier molecular flexibility index (Phi) is 6.26. The average Bonchev–Trinajstić information content (AvgIpc) is 2.45. The van der Waals surface area contributed by atoms with E-state index in [1.165, 1.54) is 20.3 Å². The van der Waals surface area contributed by atoms with Crippen molar-refractivity contribution < 1.29 is 28.9 Å². The minimum absolute atomic E-state index is 0.0379. The quantitative estimate of drug-likeness (QED) is 0.612. The second-order valence-electron chi connectivity index (χ2n) is 4.04. The van der Waals surface area contributed by atoms with E-state index in [-0.39, 0.29) is 12.2 Å². The van der Waals surface area contributed by atoms with E-state index in [0.717, 1.165) is 0 Å². The molecule has 6 nitrogen and oxygen atoms in total. The lowest BCUT2D eigenvalue weighted by Gasteiger charge is -2.11. The zero-order valence-corrected chi connectivity index (χ0v) is 12.2. The Balaban J connectivity index is 3.26. The van der Waals surface area contributed by atoms with Crippen molar-refractivity contribution in [1.29, 1.82) is 0 Å². The molecular formula is C15H18O6. The van der Waals surface area contributed by atoms with Crippen LogP contribution in [0.3, 0.4) is 0 Å². The van der Waals surface area contributed by atoms with Crippen LogP contribution < -0.4 is 9.47 Å². The molecule has 0 saturated carbocycles. The highest BCUT2D eigenvalue weighted by Crippen LogP contribution is 2.32. The Morgan fingerprint density at radius 3 is 2.48 bits per heavy atom. The molecule has 0 saturated heterocycles. The molecule has 6 heteroatoms. The SMILES string of the molecule is CCOC(=O)/C(=C/c1cccc(OC)c1OC)CC(=O)O. The number of hydrogen-bond acceptors (Lipinski definition) is 5. The Morgan fingerprint density at radius 2 is 1.95 bits per heavy atom. The molecule has 0 aliphatic heterocycles. The number of para-hydroxylation sites is 1. The molecule has 0 radical (unpaired) electrons. The molecule has 1 aromatic carbocycles. The zero-order valence-electron chi connectivity index (χ0n) is 12.2. The topological polar surface area (TPSA) is 82.1 Å². The van der Waals surface area contributed by atoms with Crippen molar-refractivity contribution in [2.24, 2.45) is 0 Å². The largest absolute Gasteiger partial charge is 0.493 e. The summed E-state index contributed by atoms with van der Waals surface area (Å²) in [5.74, 6) is -0.863. The molecular weight excluding hydrogens is 276 g/mol. The summed E-state index contributed by atoms with van der Waals surface area (Å²) < 4.78 is 15.3. The molecule has 0 amide bonds. The maximum Gasteiger partial charge on any atom is 0.334 e. The number of rotatable bonds is 7. The molecule has 114 valence electrons. The number of carboxylic acid groups (broad SMARTS) is 1. The summed E-state index contributed by atoms with van der Waals surface area (Å²) >= 11 is 0.